The number of hydrogen-bond donors (Lipinski definition) is 0. The summed E-state index contributed by atoms with van der Waals surface area (Å²) in [6, 6.07) is 8.92. The lowest BCUT2D eigenvalue weighted by Crippen LogP contribution is -2.49. The average Bonchev–Trinajstić information content (AvgIpc) is 3.28. The number of piperazine rings is 1. The minimum absolute atomic E-state index is 0.0166. The van der Waals surface area contributed by atoms with Gasteiger partial charge < -0.3 is 9.80 Å². The van der Waals surface area contributed by atoms with Gasteiger partial charge in [-0.3, -0.25) is 14.2 Å². The zero-order chi connectivity index (χ0) is 27.0. The van der Waals surface area contributed by atoms with Crippen LogP contribution in [0.2, 0.25) is 0 Å². The van der Waals surface area contributed by atoms with E-state index in [1.807, 2.05) is 17.0 Å². The van der Waals surface area contributed by atoms with Crippen molar-refractivity contribution in [1.29, 1.82) is 0 Å². The lowest BCUT2D eigenvalue weighted by Gasteiger charge is -2.33. The molecular weight excluding hydrogens is 594 g/mol. The van der Waals surface area contributed by atoms with Crippen molar-refractivity contribution in [2.75, 3.05) is 43.0 Å². The van der Waals surface area contributed by atoms with Crippen LogP contribution in [-0.2, 0) is 21.4 Å². The Labute approximate surface area is 231 Å². The first-order valence-corrected chi connectivity index (χ1v) is 14.7. The van der Waals surface area contributed by atoms with Gasteiger partial charge in [0.2, 0.25) is 21.9 Å². The van der Waals surface area contributed by atoms with E-state index in [2.05, 4.69) is 30.9 Å². The molecule has 0 bridgehead atoms. The minimum Gasteiger partial charge on any atom is -0.338 e. The van der Waals surface area contributed by atoms with Gasteiger partial charge in [0.15, 0.2) is 0 Å². The molecule has 0 unspecified atom stereocenters. The van der Waals surface area contributed by atoms with Gasteiger partial charge >= 0.3 is 0 Å². The molecular formula is C24H24BrN7O4S2. The molecule has 0 atom stereocenters. The highest BCUT2D eigenvalue weighted by atomic mass is 79.9. The third-order valence-electron chi connectivity index (χ3n) is 6.36. The van der Waals surface area contributed by atoms with E-state index in [1.165, 1.54) is 15.5 Å². The number of sulfonamides is 1. The Morgan fingerprint density at radius 2 is 1.74 bits per heavy atom. The van der Waals surface area contributed by atoms with Crippen LogP contribution in [-0.4, -0.2) is 71.4 Å². The van der Waals surface area contributed by atoms with Gasteiger partial charge in [0.1, 0.15) is 16.3 Å². The summed E-state index contributed by atoms with van der Waals surface area (Å²) in [5, 5.41) is 0.0166. The predicted molar refractivity (Wildman–Crippen MR) is 149 cm³/mol. The Bertz CT molecular complexity index is 1650. The van der Waals surface area contributed by atoms with Crippen LogP contribution < -0.4 is 15.4 Å². The standard InChI is InChI=1S/C24H24BrN7O4S2/c1-16-21(38(35,36)32-12-10-30(11-13-32)24-26-8-3-9-27-24)20-22(37-16)28-15-31(23(20)34)14-19(33)29(2)18-6-4-17(25)5-7-18/h3-9,15H,10-14H2,1-2H3. The van der Waals surface area contributed by atoms with Crippen molar-refractivity contribution in [3.8, 4) is 0 Å². The van der Waals surface area contributed by atoms with E-state index in [4.69, 9.17) is 0 Å². The largest absolute Gasteiger partial charge is 0.338 e. The van der Waals surface area contributed by atoms with Crippen LogP contribution >= 0.6 is 27.3 Å². The number of amides is 1. The highest BCUT2D eigenvalue weighted by Crippen LogP contribution is 2.33. The third kappa shape index (κ3) is 4.96. The zero-order valence-electron chi connectivity index (χ0n) is 20.6. The van der Waals surface area contributed by atoms with E-state index in [9.17, 15) is 18.0 Å². The number of anilines is 2. The maximum absolute atomic E-state index is 13.8. The van der Waals surface area contributed by atoms with Crippen molar-refractivity contribution in [1.82, 2.24) is 23.8 Å². The van der Waals surface area contributed by atoms with Gasteiger partial charge in [-0.05, 0) is 37.3 Å². The van der Waals surface area contributed by atoms with E-state index in [0.717, 1.165) is 20.4 Å². The van der Waals surface area contributed by atoms with Gasteiger partial charge in [0, 0.05) is 60.7 Å². The molecule has 198 valence electrons. The number of benzene rings is 1. The summed E-state index contributed by atoms with van der Waals surface area (Å²) >= 11 is 4.52. The van der Waals surface area contributed by atoms with Crippen LogP contribution in [0.5, 0.6) is 0 Å². The topological polar surface area (TPSA) is 122 Å². The summed E-state index contributed by atoms with van der Waals surface area (Å²) < 4.78 is 30.9. The molecule has 1 aliphatic rings. The second-order valence-corrected chi connectivity index (χ2v) is 12.7. The summed E-state index contributed by atoms with van der Waals surface area (Å²) in [6.07, 6.45) is 4.58. The normalized spacial score (nSPS) is 14.7. The molecule has 0 spiro atoms. The lowest BCUT2D eigenvalue weighted by molar-refractivity contribution is -0.118. The van der Waals surface area contributed by atoms with Crippen molar-refractivity contribution in [3.05, 3.63) is 68.8 Å². The number of aromatic nitrogens is 4. The highest BCUT2D eigenvalue weighted by molar-refractivity contribution is 9.10. The first kappa shape index (κ1) is 26.4. The molecule has 0 aliphatic carbocycles. The summed E-state index contributed by atoms with van der Waals surface area (Å²) in [6.45, 7) is 2.68. The number of thiophene rings is 1. The average molecular weight is 619 g/mol. The Balaban J connectivity index is 1.42. The van der Waals surface area contributed by atoms with Crippen molar-refractivity contribution in [2.24, 2.45) is 0 Å². The van der Waals surface area contributed by atoms with Crippen molar-refractivity contribution in [3.63, 3.8) is 0 Å². The Morgan fingerprint density at radius 3 is 2.39 bits per heavy atom. The van der Waals surface area contributed by atoms with Gasteiger partial charge in [-0.15, -0.1) is 11.3 Å². The van der Waals surface area contributed by atoms with Crippen LogP contribution in [0, 0.1) is 6.92 Å². The van der Waals surface area contributed by atoms with E-state index < -0.39 is 15.6 Å². The second kappa shape index (κ2) is 10.5. The number of hydrogen-bond acceptors (Lipinski definition) is 9. The quantitative estimate of drug-likeness (QED) is 0.323. The van der Waals surface area contributed by atoms with Gasteiger partial charge in [0.05, 0.1) is 11.7 Å². The number of halogens is 1. The number of nitrogens with zero attached hydrogens (tertiary/aromatic N) is 7. The number of carbonyl (C=O) groups excluding carboxylic acids is 1. The number of likely N-dealkylation sites (N-methyl/N-ethyl adjacent to an activating group) is 1. The van der Waals surface area contributed by atoms with Crippen molar-refractivity contribution >= 4 is 65.0 Å². The van der Waals surface area contributed by atoms with Crippen molar-refractivity contribution < 1.29 is 13.2 Å². The number of aryl methyl sites for hydroxylation is 1. The maximum Gasteiger partial charge on any atom is 0.263 e. The molecule has 4 aromatic rings. The third-order valence-corrected chi connectivity index (χ3v) is 10.1. The molecule has 14 heteroatoms. The fourth-order valence-corrected chi connectivity index (χ4v) is 7.66. The van der Waals surface area contributed by atoms with Gasteiger partial charge in [0.25, 0.3) is 5.56 Å². The summed E-state index contributed by atoms with van der Waals surface area (Å²) in [4.78, 5) is 43.4. The first-order valence-electron chi connectivity index (χ1n) is 11.7. The van der Waals surface area contributed by atoms with E-state index in [0.29, 0.717) is 34.4 Å². The molecule has 0 radical (unpaired) electrons. The first-order chi connectivity index (χ1) is 18.2. The molecule has 3 aromatic heterocycles. The van der Waals surface area contributed by atoms with Crippen LogP contribution in [0.25, 0.3) is 10.2 Å². The molecule has 38 heavy (non-hydrogen) atoms. The summed E-state index contributed by atoms with van der Waals surface area (Å²) in [5.74, 6) is 0.206. The summed E-state index contributed by atoms with van der Waals surface area (Å²) in [5.41, 5.74) is 0.0989. The monoisotopic (exact) mass is 617 g/mol. The van der Waals surface area contributed by atoms with Crippen LogP contribution in [0.15, 0.2) is 63.2 Å². The Morgan fingerprint density at radius 1 is 1.08 bits per heavy atom. The summed E-state index contributed by atoms with van der Waals surface area (Å²) in [7, 11) is -2.37. The molecule has 0 N–H and O–H groups in total. The SMILES string of the molecule is Cc1sc2ncn(CC(=O)N(C)c3ccc(Br)cc3)c(=O)c2c1S(=O)(=O)N1CCN(c2ncccn2)CC1. The smallest absolute Gasteiger partial charge is 0.263 e. The molecule has 5 rings (SSSR count). The fourth-order valence-electron chi connectivity index (χ4n) is 4.31. The zero-order valence-corrected chi connectivity index (χ0v) is 23.8. The molecule has 1 aliphatic heterocycles. The van der Waals surface area contributed by atoms with Crippen LogP contribution in [0.4, 0.5) is 11.6 Å². The van der Waals surface area contributed by atoms with E-state index >= 15 is 0 Å². The molecule has 0 saturated carbocycles. The number of carbonyl (C=O) groups is 1. The van der Waals surface area contributed by atoms with E-state index in [1.54, 1.807) is 44.6 Å². The number of rotatable bonds is 6. The Kier molecular flexibility index (Phi) is 7.31. The maximum atomic E-state index is 13.8. The van der Waals surface area contributed by atoms with Gasteiger partial charge in [-0.25, -0.2) is 23.4 Å². The van der Waals surface area contributed by atoms with Crippen molar-refractivity contribution in [2.45, 2.75) is 18.4 Å². The minimum atomic E-state index is -3.99. The van der Waals surface area contributed by atoms with Gasteiger partial charge in [-0.2, -0.15) is 4.31 Å². The fraction of sp³-hybridized carbons (Fsp3) is 0.292. The molecule has 4 heterocycles. The second-order valence-electron chi connectivity index (χ2n) is 8.71. The molecule has 11 nitrogen and oxygen atoms in total. The van der Waals surface area contributed by atoms with Crippen LogP contribution in [0.1, 0.15) is 4.88 Å². The lowest BCUT2D eigenvalue weighted by atomic mass is 10.3. The highest BCUT2D eigenvalue weighted by Gasteiger charge is 2.34. The van der Waals surface area contributed by atoms with Crippen LogP contribution in [0.3, 0.4) is 0 Å². The van der Waals surface area contributed by atoms with E-state index in [-0.39, 0.29) is 35.8 Å². The molecule has 1 aromatic carbocycles. The molecule has 1 saturated heterocycles. The molecule has 1 fully saturated rings. The molecule has 1 amide bonds. The number of fused-ring (bicyclic) bond motifs is 1. The Hall–Kier alpha value is -3.20. The van der Waals surface area contributed by atoms with Gasteiger partial charge in [-0.1, -0.05) is 15.9 Å². The predicted octanol–water partition coefficient (Wildman–Crippen LogP) is 2.49.